The molecule has 3 N–H and O–H groups in total. The molecule has 0 unspecified atom stereocenters. The Morgan fingerprint density at radius 1 is 1.27 bits per heavy atom. The third kappa shape index (κ3) is 9.62. The van der Waals surface area contributed by atoms with Crippen molar-refractivity contribution < 1.29 is 24.5 Å². The molecule has 0 bridgehead atoms. The Labute approximate surface area is 199 Å². The minimum atomic E-state index is -0.435. The van der Waals surface area contributed by atoms with Gasteiger partial charge in [-0.3, -0.25) is 9.59 Å². The lowest BCUT2D eigenvalue weighted by Crippen LogP contribution is -2.25. The maximum atomic E-state index is 11.9. The summed E-state index contributed by atoms with van der Waals surface area (Å²) < 4.78 is 4.56. The number of methoxy groups -OCH3 is 1. The van der Waals surface area contributed by atoms with Crippen LogP contribution in [0.25, 0.3) is 0 Å². The second kappa shape index (κ2) is 14.6. The molecule has 0 aromatic heterocycles. The summed E-state index contributed by atoms with van der Waals surface area (Å²) in [5.41, 5.74) is 1.44. The fraction of sp³-hybridized carbons (Fsp3) is 0.778. The number of carbonyl (C=O) groups excluding carboxylic acids is 2. The van der Waals surface area contributed by atoms with Gasteiger partial charge in [0.2, 0.25) is 5.91 Å². The molecule has 2 aliphatic carbocycles. The number of esters is 1. The smallest absolute Gasteiger partial charge is 0.307 e. The van der Waals surface area contributed by atoms with E-state index in [1.165, 1.54) is 25.5 Å². The van der Waals surface area contributed by atoms with Crippen molar-refractivity contribution in [3.05, 3.63) is 23.8 Å². The molecule has 2 rings (SSSR count). The third-order valence-corrected chi connectivity index (χ3v) is 7.23. The van der Waals surface area contributed by atoms with E-state index in [-0.39, 0.29) is 30.3 Å². The molecule has 0 heterocycles. The molecular formula is C27H45NO5. The van der Waals surface area contributed by atoms with Crippen molar-refractivity contribution in [1.29, 1.82) is 0 Å². The van der Waals surface area contributed by atoms with Gasteiger partial charge in [0, 0.05) is 18.9 Å². The van der Waals surface area contributed by atoms with Crippen LogP contribution in [0.5, 0.6) is 0 Å². The summed E-state index contributed by atoms with van der Waals surface area (Å²) in [5, 5.41) is 23.7. The van der Waals surface area contributed by atoms with Crippen molar-refractivity contribution in [2.75, 3.05) is 13.7 Å². The molecule has 1 fully saturated rings. The minimum absolute atomic E-state index is 0.0212. The van der Waals surface area contributed by atoms with Gasteiger partial charge in [0.15, 0.2) is 0 Å². The number of unbranched alkanes of at least 4 members (excludes halogenated alkanes) is 2. The first-order valence-electron chi connectivity index (χ1n) is 12.9. The van der Waals surface area contributed by atoms with Gasteiger partial charge in [-0.05, 0) is 56.3 Å². The van der Waals surface area contributed by atoms with E-state index in [0.29, 0.717) is 30.7 Å². The van der Waals surface area contributed by atoms with Crippen molar-refractivity contribution in [1.82, 2.24) is 5.32 Å². The number of aliphatic hydroxyl groups excluding tert-OH is 2. The normalized spacial score (nSPS) is 26.2. The second-order valence-corrected chi connectivity index (χ2v) is 10.1. The van der Waals surface area contributed by atoms with Gasteiger partial charge < -0.3 is 20.3 Å². The number of fused-ring (bicyclic) bond motifs is 1. The molecule has 6 heteroatoms. The molecule has 0 spiro atoms. The van der Waals surface area contributed by atoms with Crippen molar-refractivity contribution in [3.63, 3.8) is 0 Å². The van der Waals surface area contributed by atoms with E-state index in [0.717, 1.165) is 44.9 Å². The predicted molar refractivity (Wildman–Crippen MR) is 130 cm³/mol. The molecular weight excluding hydrogens is 418 g/mol. The SMILES string of the molecule is CCCC[C@@H](C)C[C@H](O)/C=C/[C@@H]1[C@H]2CC(CCCCC(=O)NCCC(=O)OC)=C[C@H]2C[C@H]1O. The summed E-state index contributed by atoms with van der Waals surface area (Å²) in [5.74, 6) is 1.14. The Balaban J connectivity index is 1.68. The van der Waals surface area contributed by atoms with Crippen LogP contribution in [0, 0.1) is 23.7 Å². The van der Waals surface area contributed by atoms with Gasteiger partial charge in [0.1, 0.15) is 0 Å². The van der Waals surface area contributed by atoms with E-state index in [1.54, 1.807) is 0 Å². The lowest BCUT2D eigenvalue weighted by molar-refractivity contribution is -0.140. The first-order chi connectivity index (χ1) is 15.8. The summed E-state index contributed by atoms with van der Waals surface area (Å²) in [6, 6.07) is 0. The number of hydrogen-bond acceptors (Lipinski definition) is 5. The summed E-state index contributed by atoms with van der Waals surface area (Å²) in [6.45, 7) is 4.72. The highest BCUT2D eigenvalue weighted by Gasteiger charge is 2.43. The van der Waals surface area contributed by atoms with Gasteiger partial charge >= 0.3 is 5.97 Å². The van der Waals surface area contributed by atoms with Crippen molar-refractivity contribution >= 4 is 11.9 Å². The molecule has 0 saturated heterocycles. The fourth-order valence-electron chi connectivity index (χ4n) is 5.34. The second-order valence-electron chi connectivity index (χ2n) is 10.1. The number of hydrogen-bond donors (Lipinski definition) is 3. The van der Waals surface area contributed by atoms with Crippen LogP contribution in [0.4, 0.5) is 0 Å². The number of allylic oxidation sites excluding steroid dienone is 2. The Kier molecular flexibility index (Phi) is 12.2. The summed E-state index contributed by atoms with van der Waals surface area (Å²) in [4.78, 5) is 22.9. The van der Waals surface area contributed by atoms with E-state index < -0.39 is 6.10 Å². The van der Waals surface area contributed by atoms with Crippen LogP contribution < -0.4 is 5.32 Å². The van der Waals surface area contributed by atoms with Crippen molar-refractivity contribution in [3.8, 4) is 0 Å². The predicted octanol–water partition coefficient (Wildman–Crippen LogP) is 4.30. The highest BCUT2D eigenvalue weighted by molar-refractivity contribution is 5.76. The largest absolute Gasteiger partial charge is 0.469 e. The van der Waals surface area contributed by atoms with E-state index >= 15 is 0 Å². The lowest BCUT2D eigenvalue weighted by Gasteiger charge is -2.19. The number of amides is 1. The van der Waals surface area contributed by atoms with Crippen molar-refractivity contribution in [2.24, 2.45) is 23.7 Å². The van der Waals surface area contributed by atoms with Gasteiger partial charge in [0.05, 0.1) is 25.7 Å². The van der Waals surface area contributed by atoms with E-state index in [2.05, 4.69) is 36.1 Å². The Hall–Kier alpha value is -1.66. The summed E-state index contributed by atoms with van der Waals surface area (Å²) in [7, 11) is 1.34. The Morgan fingerprint density at radius 3 is 2.79 bits per heavy atom. The minimum Gasteiger partial charge on any atom is -0.469 e. The van der Waals surface area contributed by atoms with Crippen LogP contribution in [0.3, 0.4) is 0 Å². The number of aliphatic hydroxyl groups is 2. The van der Waals surface area contributed by atoms with Crippen LogP contribution >= 0.6 is 0 Å². The molecule has 33 heavy (non-hydrogen) atoms. The summed E-state index contributed by atoms with van der Waals surface area (Å²) in [6.07, 6.45) is 15.2. The maximum absolute atomic E-state index is 11.9. The Morgan fingerprint density at radius 2 is 2.06 bits per heavy atom. The van der Waals surface area contributed by atoms with Gasteiger partial charge in [-0.1, -0.05) is 56.9 Å². The van der Waals surface area contributed by atoms with Gasteiger partial charge in [-0.2, -0.15) is 0 Å². The lowest BCUT2D eigenvalue weighted by atomic mass is 9.88. The standard InChI is InChI=1S/C27H45NO5/c1-4-5-8-19(2)15-22(29)11-12-23-24-17-20(16-21(24)18-25(23)30)9-6-7-10-26(31)28-14-13-27(32)33-3/h11-12,16,19,21-25,29-30H,4-10,13-15,17-18H2,1-3H3,(H,28,31)/b12-11+/t19-,21+,22-,23-,24+,25-/m1/s1. The number of ether oxygens (including phenoxy) is 1. The van der Waals surface area contributed by atoms with Crippen LogP contribution in [-0.4, -0.2) is 48.0 Å². The highest BCUT2D eigenvalue weighted by Crippen LogP contribution is 2.48. The van der Waals surface area contributed by atoms with E-state index in [4.69, 9.17) is 0 Å². The average Bonchev–Trinajstić information content (AvgIpc) is 3.29. The van der Waals surface area contributed by atoms with Gasteiger partial charge in [0.25, 0.3) is 0 Å². The zero-order valence-electron chi connectivity index (χ0n) is 20.8. The molecule has 0 radical (unpaired) electrons. The molecule has 188 valence electrons. The topological polar surface area (TPSA) is 95.9 Å². The van der Waals surface area contributed by atoms with Crippen LogP contribution in [0.1, 0.15) is 84.5 Å². The number of nitrogens with one attached hydrogen (secondary N) is 1. The van der Waals surface area contributed by atoms with E-state index in [9.17, 15) is 19.8 Å². The van der Waals surface area contributed by atoms with Gasteiger partial charge in [-0.25, -0.2) is 0 Å². The zero-order chi connectivity index (χ0) is 24.2. The monoisotopic (exact) mass is 463 g/mol. The Bertz CT molecular complexity index is 673. The van der Waals surface area contributed by atoms with Crippen LogP contribution in [0.2, 0.25) is 0 Å². The van der Waals surface area contributed by atoms with E-state index in [1.807, 2.05) is 6.08 Å². The molecule has 2 aliphatic rings. The molecule has 1 amide bonds. The average molecular weight is 464 g/mol. The van der Waals surface area contributed by atoms with Crippen LogP contribution in [0.15, 0.2) is 23.8 Å². The molecule has 0 aromatic rings. The van der Waals surface area contributed by atoms with Crippen molar-refractivity contribution in [2.45, 2.75) is 96.7 Å². The number of rotatable bonds is 15. The molecule has 0 aromatic carbocycles. The zero-order valence-corrected chi connectivity index (χ0v) is 20.8. The first kappa shape index (κ1) is 27.6. The quantitative estimate of drug-likeness (QED) is 0.191. The summed E-state index contributed by atoms with van der Waals surface area (Å²) >= 11 is 0. The maximum Gasteiger partial charge on any atom is 0.307 e. The molecule has 6 atom stereocenters. The molecule has 6 nitrogen and oxygen atoms in total. The highest BCUT2D eigenvalue weighted by atomic mass is 16.5. The molecule has 0 aliphatic heterocycles. The first-order valence-corrected chi connectivity index (χ1v) is 12.9. The third-order valence-electron chi connectivity index (χ3n) is 7.23. The molecule has 1 saturated carbocycles. The number of carbonyl (C=O) groups is 2. The van der Waals surface area contributed by atoms with Crippen LogP contribution in [-0.2, 0) is 14.3 Å². The fourth-order valence-corrected chi connectivity index (χ4v) is 5.34. The van der Waals surface area contributed by atoms with Gasteiger partial charge in [-0.15, -0.1) is 0 Å².